The lowest BCUT2D eigenvalue weighted by Crippen LogP contribution is -2.11. The first-order chi connectivity index (χ1) is 6.61. The molecular weight excluding hydrogens is 188 g/mol. The predicted octanol–water partition coefficient (Wildman–Crippen LogP) is 1.94. The molecule has 0 aliphatic rings. The van der Waals surface area contributed by atoms with Crippen LogP contribution in [-0.2, 0) is 0 Å². The Morgan fingerprint density at radius 3 is 2.86 bits per heavy atom. The van der Waals surface area contributed by atoms with Gasteiger partial charge >= 0.3 is 0 Å². The first kappa shape index (κ1) is 10.4. The monoisotopic (exact) mass is 197 g/mol. The number of pyridine rings is 1. The fraction of sp³-hybridized carbons (Fsp3) is 0.333. The van der Waals surface area contributed by atoms with Crippen LogP contribution in [0.1, 0.15) is 11.3 Å². The van der Waals surface area contributed by atoms with E-state index in [-0.39, 0.29) is 0 Å². The van der Waals surface area contributed by atoms with Crippen molar-refractivity contribution in [3.8, 4) is 6.07 Å². The number of halogens is 2. The lowest BCUT2D eigenvalue weighted by atomic mass is 10.2. The molecule has 1 aromatic rings. The zero-order valence-corrected chi connectivity index (χ0v) is 7.59. The van der Waals surface area contributed by atoms with Gasteiger partial charge in [-0.15, -0.1) is 0 Å². The van der Waals surface area contributed by atoms with E-state index in [1.54, 1.807) is 13.0 Å². The van der Waals surface area contributed by atoms with Crippen LogP contribution in [-0.4, -0.2) is 18.0 Å². The molecule has 0 saturated heterocycles. The van der Waals surface area contributed by atoms with E-state index in [1.807, 2.05) is 6.07 Å². The summed E-state index contributed by atoms with van der Waals surface area (Å²) in [6, 6.07) is 4.96. The van der Waals surface area contributed by atoms with Crippen LogP contribution in [0.2, 0.25) is 0 Å². The maximum atomic E-state index is 11.8. The maximum absolute atomic E-state index is 11.8. The fourth-order valence-electron chi connectivity index (χ4n) is 1.01. The zero-order chi connectivity index (χ0) is 10.6. The molecule has 1 heterocycles. The summed E-state index contributed by atoms with van der Waals surface area (Å²) in [7, 11) is 0. The molecule has 1 rings (SSSR count). The number of nitrogens with one attached hydrogen (secondary N) is 1. The van der Waals surface area contributed by atoms with Crippen molar-refractivity contribution in [1.29, 1.82) is 5.26 Å². The van der Waals surface area contributed by atoms with Gasteiger partial charge in [0.2, 0.25) is 0 Å². The molecule has 1 N–H and O–H groups in total. The standard InChI is InChI=1S/C9H9F2N3/c1-6-2-7(4-12)3-9(14-6)13-5-8(10)11/h2-3,8H,5H2,1H3,(H,13,14). The molecule has 5 heteroatoms. The third-order valence-corrected chi connectivity index (χ3v) is 1.52. The zero-order valence-electron chi connectivity index (χ0n) is 7.59. The van der Waals surface area contributed by atoms with Crippen molar-refractivity contribution in [3.05, 3.63) is 23.4 Å². The molecule has 0 aliphatic carbocycles. The van der Waals surface area contributed by atoms with E-state index in [0.29, 0.717) is 17.1 Å². The van der Waals surface area contributed by atoms with E-state index in [0.717, 1.165) is 0 Å². The SMILES string of the molecule is Cc1cc(C#N)cc(NCC(F)F)n1. The van der Waals surface area contributed by atoms with Crippen molar-refractivity contribution in [2.45, 2.75) is 13.3 Å². The summed E-state index contributed by atoms with van der Waals surface area (Å²) in [6.07, 6.45) is -2.43. The molecule has 0 saturated carbocycles. The van der Waals surface area contributed by atoms with Crippen molar-refractivity contribution < 1.29 is 8.78 Å². The minimum atomic E-state index is -2.43. The Balaban J connectivity index is 2.78. The quantitative estimate of drug-likeness (QED) is 0.805. The van der Waals surface area contributed by atoms with Gasteiger partial charge in [-0.25, -0.2) is 13.8 Å². The number of rotatable bonds is 3. The molecular formula is C9H9F2N3. The van der Waals surface area contributed by atoms with E-state index >= 15 is 0 Å². The van der Waals surface area contributed by atoms with Crippen molar-refractivity contribution in [1.82, 2.24) is 4.98 Å². The number of aryl methyl sites for hydroxylation is 1. The van der Waals surface area contributed by atoms with Crippen LogP contribution in [0.25, 0.3) is 0 Å². The van der Waals surface area contributed by atoms with Crippen molar-refractivity contribution >= 4 is 5.82 Å². The van der Waals surface area contributed by atoms with Crippen LogP contribution < -0.4 is 5.32 Å². The fourth-order valence-corrected chi connectivity index (χ4v) is 1.01. The largest absolute Gasteiger partial charge is 0.364 e. The Morgan fingerprint density at radius 2 is 2.29 bits per heavy atom. The summed E-state index contributed by atoms with van der Waals surface area (Å²) in [5.41, 5.74) is 1.04. The van der Waals surface area contributed by atoms with Gasteiger partial charge in [0.25, 0.3) is 6.43 Å². The molecule has 14 heavy (non-hydrogen) atoms. The van der Waals surface area contributed by atoms with E-state index < -0.39 is 13.0 Å². The van der Waals surface area contributed by atoms with Crippen LogP contribution in [0.4, 0.5) is 14.6 Å². The Labute approximate surface area is 80.4 Å². The van der Waals surface area contributed by atoms with Gasteiger partial charge in [-0.3, -0.25) is 0 Å². The van der Waals surface area contributed by atoms with Gasteiger partial charge < -0.3 is 5.32 Å². The minimum Gasteiger partial charge on any atom is -0.364 e. The summed E-state index contributed by atoms with van der Waals surface area (Å²) < 4.78 is 23.7. The molecule has 1 aromatic heterocycles. The number of aromatic nitrogens is 1. The molecule has 0 amide bonds. The number of anilines is 1. The van der Waals surface area contributed by atoms with Crippen molar-refractivity contribution in [2.24, 2.45) is 0 Å². The number of hydrogen-bond donors (Lipinski definition) is 1. The lowest BCUT2D eigenvalue weighted by Gasteiger charge is -2.05. The molecule has 0 fully saturated rings. The molecule has 0 aliphatic heterocycles. The van der Waals surface area contributed by atoms with Gasteiger partial charge in [-0.05, 0) is 19.1 Å². The highest BCUT2D eigenvalue weighted by Gasteiger charge is 2.03. The number of hydrogen-bond acceptors (Lipinski definition) is 3. The third kappa shape index (κ3) is 2.98. The van der Waals surface area contributed by atoms with Gasteiger partial charge in [-0.2, -0.15) is 5.26 Å². The highest BCUT2D eigenvalue weighted by Crippen LogP contribution is 2.09. The summed E-state index contributed by atoms with van der Waals surface area (Å²) in [6.45, 7) is 1.25. The van der Waals surface area contributed by atoms with Crippen LogP contribution >= 0.6 is 0 Å². The molecule has 74 valence electrons. The topological polar surface area (TPSA) is 48.7 Å². The number of nitriles is 1. The van der Waals surface area contributed by atoms with Gasteiger partial charge in [0.05, 0.1) is 18.2 Å². The second-order valence-electron chi connectivity index (χ2n) is 2.77. The Morgan fingerprint density at radius 1 is 1.57 bits per heavy atom. The summed E-state index contributed by atoms with van der Waals surface area (Å²) in [5.74, 6) is 0.307. The summed E-state index contributed by atoms with van der Waals surface area (Å²) in [4.78, 5) is 3.96. The average molecular weight is 197 g/mol. The highest BCUT2D eigenvalue weighted by atomic mass is 19.3. The molecule has 0 atom stereocenters. The van der Waals surface area contributed by atoms with E-state index in [4.69, 9.17) is 5.26 Å². The number of nitrogens with zero attached hydrogens (tertiary/aromatic N) is 2. The van der Waals surface area contributed by atoms with Gasteiger partial charge in [-0.1, -0.05) is 0 Å². The van der Waals surface area contributed by atoms with Crippen molar-refractivity contribution in [3.63, 3.8) is 0 Å². The normalized spacial score (nSPS) is 9.93. The number of alkyl halides is 2. The maximum Gasteiger partial charge on any atom is 0.255 e. The van der Waals surface area contributed by atoms with Crippen LogP contribution in [0.3, 0.4) is 0 Å². The van der Waals surface area contributed by atoms with E-state index in [1.165, 1.54) is 6.07 Å². The van der Waals surface area contributed by atoms with Crippen molar-refractivity contribution in [2.75, 3.05) is 11.9 Å². The molecule has 0 spiro atoms. The molecule has 3 nitrogen and oxygen atoms in total. The van der Waals surface area contributed by atoms with E-state index in [2.05, 4.69) is 10.3 Å². The average Bonchev–Trinajstić information content (AvgIpc) is 2.14. The summed E-state index contributed by atoms with van der Waals surface area (Å²) >= 11 is 0. The Bertz CT molecular complexity index is 358. The smallest absolute Gasteiger partial charge is 0.255 e. The predicted molar refractivity (Wildman–Crippen MR) is 48.2 cm³/mol. The first-order valence-corrected chi connectivity index (χ1v) is 4.02. The molecule has 0 bridgehead atoms. The first-order valence-electron chi connectivity index (χ1n) is 4.02. The summed E-state index contributed by atoms with van der Waals surface area (Å²) in [5, 5.41) is 11.1. The highest BCUT2D eigenvalue weighted by molar-refractivity contribution is 5.44. The molecule has 0 unspecified atom stereocenters. The van der Waals surface area contributed by atoms with Gasteiger partial charge in [0, 0.05) is 5.69 Å². The Kier molecular flexibility index (Phi) is 3.35. The second kappa shape index (κ2) is 4.51. The van der Waals surface area contributed by atoms with Crippen LogP contribution in [0.15, 0.2) is 12.1 Å². The minimum absolute atomic E-state index is 0.307. The molecule has 0 radical (unpaired) electrons. The Hall–Kier alpha value is -1.70. The third-order valence-electron chi connectivity index (χ3n) is 1.52. The molecule has 0 aromatic carbocycles. The van der Waals surface area contributed by atoms with Crippen LogP contribution in [0.5, 0.6) is 0 Å². The van der Waals surface area contributed by atoms with E-state index in [9.17, 15) is 8.78 Å². The van der Waals surface area contributed by atoms with Gasteiger partial charge in [0.1, 0.15) is 5.82 Å². The van der Waals surface area contributed by atoms with Gasteiger partial charge in [0.15, 0.2) is 0 Å². The lowest BCUT2D eigenvalue weighted by molar-refractivity contribution is 0.163. The second-order valence-corrected chi connectivity index (χ2v) is 2.77. The van der Waals surface area contributed by atoms with Crippen LogP contribution in [0, 0.1) is 18.3 Å².